The Bertz CT molecular complexity index is 533. The third-order valence-electron chi connectivity index (χ3n) is 3.87. The standard InChI is InChI=1S/C15H22O3.C5H14NO/c1-11-6-7-12(2)13(10-11)18-9-5-8-15(3,4)14(16)17;1-6(2,3)4-5-7/h6-7,10H,5,8-9H2,1-4H3,(H,16,17);7H,4-5H2,1-3H3/q;+1/p-1. The van der Waals surface area contributed by atoms with E-state index < -0.39 is 11.4 Å². The van der Waals surface area contributed by atoms with Crippen molar-refractivity contribution in [2.45, 2.75) is 40.5 Å². The normalized spacial score (nSPS) is 11.5. The highest BCUT2D eigenvalue weighted by molar-refractivity contribution is 5.71. The number of carboxylic acids is 1. The topological polar surface area (TPSA) is 69.6 Å². The summed E-state index contributed by atoms with van der Waals surface area (Å²) >= 11 is 0. The molecule has 0 spiro atoms. The summed E-state index contributed by atoms with van der Waals surface area (Å²) < 4.78 is 6.52. The fourth-order valence-electron chi connectivity index (χ4n) is 1.96. The molecule has 0 bridgehead atoms. The van der Waals surface area contributed by atoms with Crippen LogP contribution in [-0.2, 0) is 4.79 Å². The molecule has 0 saturated carbocycles. The maximum Gasteiger partial charge on any atom is 0.122 e. The van der Waals surface area contributed by atoms with Gasteiger partial charge >= 0.3 is 0 Å². The highest BCUT2D eigenvalue weighted by atomic mass is 16.5. The average molecular weight is 354 g/mol. The summed E-state index contributed by atoms with van der Waals surface area (Å²) in [6.45, 7) is 9.02. The number of hydrogen-bond acceptors (Lipinski definition) is 4. The SMILES string of the molecule is C[N+](C)(C)CCO.Cc1ccc(C)c(OCCCC(C)(C)C(=O)[O-])c1. The minimum Gasteiger partial charge on any atom is -0.550 e. The molecule has 5 nitrogen and oxygen atoms in total. The smallest absolute Gasteiger partial charge is 0.122 e. The lowest BCUT2D eigenvalue weighted by Gasteiger charge is -2.25. The molecule has 0 atom stereocenters. The zero-order chi connectivity index (χ0) is 19.7. The van der Waals surface area contributed by atoms with Crippen molar-refractivity contribution in [2.75, 3.05) is 40.9 Å². The van der Waals surface area contributed by atoms with Gasteiger partial charge in [0.05, 0.1) is 34.4 Å². The lowest BCUT2D eigenvalue weighted by molar-refractivity contribution is -0.870. The number of ether oxygens (including phenoxy) is 1. The van der Waals surface area contributed by atoms with Gasteiger partial charge in [-0.1, -0.05) is 26.0 Å². The molecule has 0 aliphatic carbocycles. The average Bonchev–Trinajstić information content (AvgIpc) is 2.46. The zero-order valence-corrected chi connectivity index (χ0v) is 16.9. The molecular formula is C20H35NO4. The largest absolute Gasteiger partial charge is 0.550 e. The molecule has 0 amide bonds. The molecule has 0 aliphatic rings. The van der Waals surface area contributed by atoms with E-state index in [0.717, 1.165) is 27.9 Å². The minimum atomic E-state index is -1.01. The summed E-state index contributed by atoms with van der Waals surface area (Å²) in [5, 5.41) is 19.2. The number of benzene rings is 1. The van der Waals surface area contributed by atoms with Crippen molar-refractivity contribution >= 4 is 5.97 Å². The van der Waals surface area contributed by atoms with Crippen LogP contribution in [0.5, 0.6) is 5.75 Å². The van der Waals surface area contributed by atoms with Crippen molar-refractivity contribution in [1.82, 2.24) is 0 Å². The number of aliphatic hydroxyl groups excluding tert-OH is 1. The molecule has 0 radical (unpaired) electrons. The highest BCUT2D eigenvalue weighted by Crippen LogP contribution is 2.23. The number of carboxylic acid groups (broad SMARTS) is 1. The number of quaternary nitrogens is 1. The van der Waals surface area contributed by atoms with E-state index >= 15 is 0 Å². The van der Waals surface area contributed by atoms with Crippen LogP contribution >= 0.6 is 0 Å². The first-order valence-electron chi connectivity index (χ1n) is 8.72. The Hall–Kier alpha value is -1.59. The Kier molecular flexibility index (Phi) is 9.75. The van der Waals surface area contributed by atoms with E-state index in [2.05, 4.69) is 21.1 Å². The number of likely N-dealkylation sites (N-methyl/N-ethyl adjacent to an activating group) is 1. The van der Waals surface area contributed by atoms with Gasteiger partial charge in [0.15, 0.2) is 0 Å². The van der Waals surface area contributed by atoms with Crippen molar-refractivity contribution in [3.8, 4) is 5.75 Å². The molecule has 25 heavy (non-hydrogen) atoms. The number of aliphatic carboxylic acids is 1. The molecule has 1 aromatic carbocycles. The molecule has 0 aromatic heterocycles. The van der Waals surface area contributed by atoms with Crippen LogP contribution in [0.1, 0.15) is 37.8 Å². The predicted molar refractivity (Wildman–Crippen MR) is 99.4 cm³/mol. The van der Waals surface area contributed by atoms with Crippen LogP contribution in [0, 0.1) is 19.3 Å². The molecule has 0 unspecified atom stereocenters. The van der Waals surface area contributed by atoms with Crippen LogP contribution in [0.2, 0.25) is 0 Å². The van der Waals surface area contributed by atoms with Gasteiger partial charge in [-0.25, -0.2) is 0 Å². The summed E-state index contributed by atoms with van der Waals surface area (Å²) in [5.41, 5.74) is 1.47. The Morgan fingerprint density at radius 3 is 2.28 bits per heavy atom. The Balaban J connectivity index is 0.000000697. The summed E-state index contributed by atoms with van der Waals surface area (Å²) in [6, 6.07) is 6.07. The van der Waals surface area contributed by atoms with E-state index in [-0.39, 0.29) is 6.61 Å². The fraction of sp³-hybridized carbons (Fsp3) is 0.650. The van der Waals surface area contributed by atoms with Gasteiger partial charge in [-0.15, -0.1) is 0 Å². The van der Waals surface area contributed by atoms with Crippen LogP contribution in [0.4, 0.5) is 0 Å². The summed E-state index contributed by atoms with van der Waals surface area (Å²) in [5.74, 6) is -0.129. The molecule has 144 valence electrons. The zero-order valence-electron chi connectivity index (χ0n) is 16.9. The van der Waals surface area contributed by atoms with E-state index in [1.165, 1.54) is 0 Å². The molecule has 5 heteroatoms. The van der Waals surface area contributed by atoms with Crippen LogP contribution < -0.4 is 9.84 Å². The lowest BCUT2D eigenvalue weighted by atomic mass is 9.88. The molecule has 1 rings (SSSR count). The van der Waals surface area contributed by atoms with Gasteiger partial charge in [-0.2, -0.15) is 0 Å². The number of carbonyl (C=O) groups excluding carboxylic acids is 1. The molecule has 0 fully saturated rings. The number of hydrogen-bond donors (Lipinski definition) is 1. The van der Waals surface area contributed by atoms with E-state index in [1.54, 1.807) is 13.8 Å². The van der Waals surface area contributed by atoms with Crippen molar-refractivity contribution in [2.24, 2.45) is 5.41 Å². The maximum absolute atomic E-state index is 10.8. The maximum atomic E-state index is 10.8. The van der Waals surface area contributed by atoms with Crippen molar-refractivity contribution in [3.63, 3.8) is 0 Å². The highest BCUT2D eigenvalue weighted by Gasteiger charge is 2.18. The van der Waals surface area contributed by atoms with Gasteiger partial charge in [0, 0.05) is 11.4 Å². The van der Waals surface area contributed by atoms with Crippen molar-refractivity contribution in [3.05, 3.63) is 29.3 Å². The van der Waals surface area contributed by atoms with E-state index in [0.29, 0.717) is 19.4 Å². The predicted octanol–water partition coefficient (Wildman–Crippen LogP) is 1.92. The number of aryl methyl sites for hydroxylation is 2. The summed E-state index contributed by atoms with van der Waals surface area (Å²) in [4.78, 5) is 10.8. The fourth-order valence-corrected chi connectivity index (χ4v) is 1.96. The van der Waals surface area contributed by atoms with Gasteiger partial charge in [0.1, 0.15) is 12.3 Å². The lowest BCUT2D eigenvalue weighted by Crippen LogP contribution is -2.38. The van der Waals surface area contributed by atoms with Gasteiger partial charge in [-0.3, -0.25) is 0 Å². The van der Waals surface area contributed by atoms with Crippen LogP contribution in [0.15, 0.2) is 18.2 Å². The molecule has 0 aliphatic heterocycles. The Morgan fingerprint density at radius 2 is 1.84 bits per heavy atom. The first-order valence-corrected chi connectivity index (χ1v) is 8.72. The van der Waals surface area contributed by atoms with Gasteiger partial charge in [-0.05, 0) is 43.9 Å². The van der Waals surface area contributed by atoms with Gasteiger partial charge in [0.2, 0.25) is 0 Å². The van der Waals surface area contributed by atoms with Crippen molar-refractivity contribution in [1.29, 1.82) is 0 Å². The quantitative estimate of drug-likeness (QED) is 0.573. The van der Waals surface area contributed by atoms with Crippen LogP contribution in [0.3, 0.4) is 0 Å². The van der Waals surface area contributed by atoms with Crippen LogP contribution in [0.25, 0.3) is 0 Å². The summed E-state index contributed by atoms with van der Waals surface area (Å²) in [6.07, 6.45) is 1.26. The third kappa shape index (κ3) is 10.8. The molecule has 1 aromatic rings. The van der Waals surface area contributed by atoms with E-state index in [4.69, 9.17) is 9.84 Å². The third-order valence-corrected chi connectivity index (χ3v) is 3.87. The molecule has 0 saturated heterocycles. The molecule has 1 N–H and O–H groups in total. The molecular weight excluding hydrogens is 318 g/mol. The first-order chi connectivity index (χ1) is 11.4. The second kappa shape index (κ2) is 10.4. The first kappa shape index (κ1) is 23.4. The van der Waals surface area contributed by atoms with Gasteiger partial charge < -0.3 is 24.2 Å². The monoisotopic (exact) mass is 353 g/mol. The van der Waals surface area contributed by atoms with Gasteiger partial charge in [0.25, 0.3) is 0 Å². The van der Waals surface area contributed by atoms with Crippen molar-refractivity contribution < 1.29 is 24.2 Å². The number of rotatable bonds is 8. The van der Waals surface area contributed by atoms with Crippen LogP contribution in [-0.4, -0.2) is 56.5 Å². The Labute approximate surface area is 152 Å². The summed E-state index contributed by atoms with van der Waals surface area (Å²) in [7, 11) is 6.16. The number of nitrogens with zero attached hydrogens (tertiary/aromatic N) is 1. The minimum absolute atomic E-state index is 0.281. The second-order valence-electron chi connectivity index (χ2n) is 8.13. The second-order valence-corrected chi connectivity index (χ2v) is 8.13. The molecule has 0 heterocycles. The van der Waals surface area contributed by atoms with E-state index in [9.17, 15) is 9.90 Å². The number of aliphatic hydroxyl groups is 1. The number of carbonyl (C=O) groups is 1. The Morgan fingerprint density at radius 1 is 1.24 bits per heavy atom. The van der Waals surface area contributed by atoms with E-state index in [1.807, 2.05) is 32.0 Å².